The summed E-state index contributed by atoms with van der Waals surface area (Å²) >= 11 is 0. The Kier molecular flexibility index (Phi) is 7.66. The van der Waals surface area contributed by atoms with Crippen molar-refractivity contribution in [3.63, 3.8) is 0 Å². The maximum absolute atomic E-state index is 12.4. The summed E-state index contributed by atoms with van der Waals surface area (Å²) in [4.78, 5) is 12.1. The van der Waals surface area contributed by atoms with Crippen molar-refractivity contribution in [1.82, 2.24) is 5.32 Å². The lowest BCUT2D eigenvalue weighted by Gasteiger charge is -2.29. The summed E-state index contributed by atoms with van der Waals surface area (Å²) in [7, 11) is -3.66. The van der Waals surface area contributed by atoms with E-state index >= 15 is 0 Å². The lowest BCUT2D eigenvalue weighted by Crippen LogP contribution is -2.45. The van der Waals surface area contributed by atoms with Crippen molar-refractivity contribution in [3.8, 4) is 0 Å². The molecule has 0 aromatic carbocycles. The second kappa shape index (κ2) is 7.93. The van der Waals surface area contributed by atoms with Gasteiger partial charge in [0.05, 0.1) is 19.3 Å². The van der Waals surface area contributed by atoms with Gasteiger partial charge in [0.15, 0.2) is 0 Å². The van der Waals surface area contributed by atoms with Gasteiger partial charge in [0.25, 0.3) is 5.91 Å². The third-order valence-electron chi connectivity index (χ3n) is 2.45. The monoisotopic (exact) mass is 307 g/mol. The van der Waals surface area contributed by atoms with Gasteiger partial charge < -0.3 is 19.5 Å². The third-order valence-corrected chi connectivity index (χ3v) is 4.51. The first-order chi connectivity index (χ1) is 9.08. The lowest BCUT2D eigenvalue weighted by atomic mass is 9.97. The van der Waals surface area contributed by atoms with Crippen LogP contribution in [0.5, 0.6) is 0 Å². The van der Waals surface area contributed by atoms with E-state index in [2.05, 4.69) is 11.9 Å². The van der Waals surface area contributed by atoms with E-state index in [1.807, 2.05) is 0 Å². The molecule has 6 nitrogen and oxygen atoms in total. The predicted molar refractivity (Wildman–Crippen MR) is 78.5 cm³/mol. The van der Waals surface area contributed by atoms with Crippen molar-refractivity contribution in [2.45, 2.75) is 52.7 Å². The molecule has 7 heteroatoms. The average molecular weight is 307 g/mol. The van der Waals surface area contributed by atoms with Crippen molar-refractivity contribution in [2.24, 2.45) is 0 Å². The Morgan fingerprint density at radius 3 is 2.15 bits per heavy atom. The van der Waals surface area contributed by atoms with Crippen LogP contribution in [0.25, 0.3) is 0 Å². The van der Waals surface area contributed by atoms with Gasteiger partial charge in [-0.1, -0.05) is 6.58 Å². The van der Waals surface area contributed by atoms with Crippen LogP contribution in [0, 0.1) is 0 Å². The highest BCUT2D eigenvalue weighted by molar-refractivity contribution is 7.59. The maximum atomic E-state index is 12.4. The van der Waals surface area contributed by atoms with Gasteiger partial charge >= 0.3 is 7.60 Å². The van der Waals surface area contributed by atoms with Crippen molar-refractivity contribution in [3.05, 3.63) is 11.9 Å². The molecular weight excluding hydrogens is 281 g/mol. The number of nitrogens with one attached hydrogen (secondary N) is 1. The smallest absolute Gasteiger partial charge is 0.366 e. The summed E-state index contributed by atoms with van der Waals surface area (Å²) in [6.07, 6.45) is -0.205. The van der Waals surface area contributed by atoms with Gasteiger partial charge in [-0.25, -0.2) is 0 Å². The molecule has 1 amide bonds. The third kappa shape index (κ3) is 6.18. The lowest BCUT2D eigenvalue weighted by molar-refractivity contribution is -0.118. The van der Waals surface area contributed by atoms with E-state index in [1.54, 1.807) is 34.6 Å². The minimum Gasteiger partial charge on any atom is -0.393 e. The molecule has 1 unspecified atom stereocenters. The largest absolute Gasteiger partial charge is 0.393 e. The van der Waals surface area contributed by atoms with E-state index in [9.17, 15) is 14.5 Å². The fraction of sp³-hybridized carbons (Fsp3) is 0.769. The minimum atomic E-state index is -3.66. The first-order valence-electron chi connectivity index (χ1n) is 6.67. The average Bonchev–Trinajstić information content (AvgIpc) is 2.25. The number of aliphatic hydroxyl groups excluding tert-OH is 1. The molecule has 0 saturated carbocycles. The number of amides is 1. The van der Waals surface area contributed by atoms with Gasteiger partial charge in [-0.3, -0.25) is 9.36 Å². The standard InChI is InChI=1S/C13H26NO5P/c1-7-18-20(17,19-8-2)11(4)12(16)14-13(5,6)9-10(3)15/h10,15H,4,7-9H2,1-3,5-6H3,(H,14,16). The summed E-state index contributed by atoms with van der Waals surface area (Å²) in [5.74, 6) is -0.596. The second-order valence-corrected chi connectivity index (χ2v) is 7.22. The molecule has 2 N–H and O–H groups in total. The molecule has 20 heavy (non-hydrogen) atoms. The molecule has 0 aromatic rings. The highest BCUT2D eigenvalue weighted by atomic mass is 31.2. The van der Waals surface area contributed by atoms with Crippen LogP contribution >= 0.6 is 7.60 Å². The van der Waals surface area contributed by atoms with Crippen molar-refractivity contribution in [2.75, 3.05) is 13.2 Å². The number of hydrogen-bond acceptors (Lipinski definition) is 5. The van der Waals surface area contributed by atoms with Gasteiger partial charge in [-0.15, -0.1) is 0 Å². The van der Waals surface area contributed by atoms with Crippen LogP contribution in [0.2, 0.25) is 0 Å². The summed E-state index contributed by atoms with van der Waals surface area (Å²) in [5, 5.41) is 11.8. The zero-order valence-electron chi connectivity index (χ0n) is 12.9. The zero-order valence-corrected chi connectivity index (χ0v) is 13.8. The normalized spacial score (nSPS) is 13.9. The van der Waals surface area contributed by atoms with Gasteiger partial charge in [0.2, 0.25) is 0 Å². The van der Waals surface area contributed by atoms with Crippen molar-refractivity contribution in [1.29, 1.82) is 0 Å². The Labute approximate surface area is 121 Å². The number of carbonyl (C=O) groups excluding carboxylic acids is 1. The molecule has 0 spiro atoms. The van der Waals surface area contributed by atoms with Crippen LogP contribution in [-0.4, -0.2) is 35.9 Å². The van der Waals surface area contributed by atoms with Crippen molar-refractivity contribution >= 4 is 13.5 Å². The Bertz CT molecular complexity index is 382. The molecular formula is C13H26NO5P. The van der Waals surface area contributed by atoms with Crippen LogP contribution in [0.3, 0.4) is 0 Å². The van der Waals surface area contributed by atoms with Crippen LogP contribution in [0.4, 0.5) is 0 Å². The zero-order chi connectivity index (χ0) is 16.0. The number of carbonyl (C=O) groups is 1. The Balaban J connectivity index is 4.91. The molecule has 0 heterocycles. The molecule has 0 fully saturated rings. The van der Waals surface area contributed by atoms with Crippen LogP contribution in [0.1, 0.15) is 41.0 Å². The molecule has 118 valence electrons. The minimum absolute atomic E-state index is 0.153. The van der Waals surface area contributed by atoms with Crippen LogP contribution in [0.15, 0.2) is 11.9 Å². The van der Waals surface area contributed by atoms with Gasteiger partial charge in [0, 0.05) is 5.54 Å². The SMILES string of the molecule is C=C(C(=O)NC(C)(C)CC(C)O)P(=O)(OCC)OCC. The molecule has 0 aliphatic carbocycles. The van der Waals surface area contributed by atoms with E-state index in [4.69, 9.17) is 9.05 Å². The molecule has 1 atom stereocenters. The first-order valence-corrected chi connectivity index (χ1v) is 8.21. The van der Waals surface area contributed by atoms with Crippen LogP contribution < -0.4 is 5.32 Å². The molecule has 0 aliphatic rings. The van der Waals surface area contributed by atoms with E-state index in [1.165, 1.54) is 0 Å². The molecule has 0 bridgehead atoms. The fourth-order valence-electron chi connectivity index (χ4n) is 1.83. The molecule has 0 radical (unpaired) electrons. The molecule has 0 rings (SSSR count). The number of rotatable bonds is 9. The summed E-state index contributed by atoms with van der Waals surface area (Å²) in [6, 6.07) is 0. The summed E-state index contributed by atoms with van der Waals surface area (Å²) in [5.41, 5.74) is -0.655. The Morgan fingerprint density at radius 1 is 1.35 bits per heavy atom. The fourth-order valence-corrected chi connectivity index (χ4v) is 3.20. The van der Waals surface area contributed by atoms with Gasteiger partial charge in [-0.05, 0) is 41.0 Å². The quantitative estimate of drug-likeness (QED) is 0.505. The predicted octanol–water partition coefficient (Wildman–Crippen LogP) is 2.43. The van der Waals surface area contributed by atoms with Crippen LogP contribution in [-0.2, 0) is 18.4 Å². The number of aliphatic hydroxyl groups is 1. The maximum Gasteiger partial charge on any atom is 0.366 e. The van der Waals surface area contributed by atoms with E-state index < -0.39 is 25.1 Å². The first kappa shape index (κ1) is 19.3. The summed E-state index contributed by atoms with van der Waals surface area (Å²) < 4.78 is 22.6. The second-order valence-electron chi connectivity index (χ2n) is 5.17. The van der Waals surface area contributed by atoms with E-state index in [0.29, 0.717) is 6.42 Å². The summed E-state index contributed by atoms with van der Waals surface area (Å²) in [6.45, 7) is 12.3. The Morgan fingerprint density at radius 2 is 1.80 bits per heavy atom. The molecule has 0 aliphatic heterocycles. The highest BCUT2D eigenvalue weighted by Crippen LogP contribution is 2.55. The molecule has 0 saturated heterocycles. The highest BCUT2D eigenvalue weighted by Gasteiger charge is 2.35. The van der Waals surface area contributed by atoms with Crippen molar-refractivity contribution < 1.29 is 23.5 Å². The van der Waals surface area contributed by atoms with E-state index in [-0.39, 0.29) is 18.5 Å². The number of hydrogen-bond donors (Lipinski definition) is 2. The van der Waals surface area contributed by atoms with E-state index in [0.717, 1.165) is 0 Å². The topological polar surface area (TPSA) is 84.9 Å². The van der Waals surface area contributed by atoms with Gasteiger partial charge in [0.1, 0.15) is 5.31 Å². The van der Waals surface area contributed by atoms with Gasteiger partial charge in [-0.2, -0.15) is 0 Å². The Hall–Kier alpha value is -0.680. The molecule has 0 aromatic heterocycles.